The Morgan fingerprint density at radius 2 is 1.96 bits per heavy atom. The summed E-state index contributed by atoms with van der Waals surface area (Å²) >= 11 is 3.01. The van der Waals surface area contributed by atoms with E-state index in [0.717, 1.165) is 10.7 Å². The number of halogens is 3. The van der Waals surface area contributed by atoms with Gasteiger partial charge in [-0.15, -0.1) is 29.6 Å². The molecule has 0 atom stereocenters. The van der Waals surface area contributed by atoms with E-state index in [-0.39, 0.29) is 5.75 Å². The highest BCUT2D eigenvalue weighted by atomic mass is 32.2. The highest BCUT2D eigenvalue weighted by Crippen LogP contribution is 2.27. The molecule has 0 aliphatic carbocycles. The Hall–Kier alpha value is -2.14. The fourth-order valence-corrected chi connectivity index (χ4v) is 3.74. The second-order valence-electron chi connectivity index (χ2n) is 5.54. The molecule has 0 unspecified atom stereocenters. The fourth-order valence-electron chi connectivity index (χ4n) is 2.01. The molecule has 1 aromatic carbocycles. The number of rotatable bonds is 6. The van der Waals surface area contributed by atoms with Gasteiger partial charge in [0, 0.05) is 17.1 Å². The van der Waals surface area contributed by atoms with Gasteiger partial charge in [-0.1, -0.05) is 25.6 Å². The van der Waals surface area contributed by atoms with Crippen LogP contribution in [0.4, 0.5) is 13.2 Å². The van der Waals surface area contributed by atoms with Crippen LogP contribution in [0.3, 0.4) is 0 Å². The van der Waals surface area contributed by atoms with Crippen LogP contribution in [0, 0.1) is 0 Å². The van der Waals surface area contributed by atoms with E-state index in [9.17, 15) is 13.2 Å². The zero-order valence-corrected chi connectivity index (χ0v) is 15.4. The minimum atomic E-state index is -4.72. The molecule has 0 N–H and O–H groups in total. The predicted octanol–water partition coefficient (Wildman–Crippen LogP) is 4.43. The van der Waals surface area contributed by atoms with Crippen molar-refractivity contribution in [2.75, 3.05) is 0 Å². The topological polar surface area (TPSA) is 65.7 Å². The first-order chi connectivity index (χ1) is 12.3. The summed E-state index contributed by atoms with van der Waals surface area (Å²) in [7, 11) is 0. The van der Waals surface area contributed by atoms with Gasteiger partial charge in [0.2, 0.25) is 5.16 Å². The third-order valence-corrected chi connectivity index (χ3v) is 5.32. The van der Waals surface area contributed by atoms with Crippen LogP contribution in [0.25, 0.3) is 5.69 Å². The van der Waals surface area contributed by atoms with Crippen LogP contribution in [0.2, 0.25) is 0 Å². The first-order valence-corrected chi connectivity index (χ1v) is 9.40. The number of benzene rings is 1. The second kappa shape index (κ2) is 7.62. The summed E-state index contributed by atoms with van der Waals surface area (Å²) in [6.45, 7) is 4.17. The zero-order valence-electron chi connectivity index (χ0n) is 13.8. The average Bonchev–Trinajstić information content (AvgIpc) is 3.21. The standard InChI is InChI=1S/C15H14F3N5OS2/c1-9(2)13-19-10(7-25-13)8-26-14-20-21-22-23(14)11-3-5-12(6-4-11)24-15(16,17)18/h3-7,9H,8H2,1-2H3. The van der Waals surface area contributed by atoms with Crippen LogP contribution < -0.4 is 4.74 Å². The number of hydrogen-bond donors (Lipinski definition) is 0. The molecule has 2 aromatic heterocycles. The van der Waals surface area contributed by atoms with E-state index >= 15 is 0 Å². The van der Waals surface area contributed by atoms with Crippen molar-refractivity contribution in [1.82, 2.24) is 25.2 Å². The highest BCUT2D eigenvalue weighted by Gasteiger charge is 2.31. The summed E-state index contributed by atoms with van der Waals surface area (Å²) < 4.78 is 42.0. The van der Waals surface area contributed by atoms with E-state index in [1.54, 1.807) is 11.3 Å². The van der Waals surface area contributed by atoms with Gasteiger partial charge in [-0.05, 0) is 34.7 Å². The Kier molecular flexibility index (Phi) is 5.47. The van der Waals surface area contributed by atoms with Crippen molar-refractivity contribution < 1.29 is 17.9 Å². The van der Waals surface area contributed by atoms with E-state index in [1.165, 1.54) is 40.7 Å². The van der Waals surface area contributed by atoms with E-state index in [2.05, 4.69) is 39.1 Å². The van der Waals surface area contributed by atoms with Crippen molar-refractivity contribution in [2.24, 2.45) is 0 Å². The molecule has 0 saturated heterocycles. The average molecular weight is 401 g/mol. The molecule has 26 heavy (non-hydrogen) atoms. The summed E-state index contributed by atoms with van der Waals surface area (Å²) in [5.41, 5.74) is 1.47. The second-order valence-corrected chi connectivity index (χ2v) is 7.37. The molecule has 0 saturated carbocycles. The first-order valence-electron chi connectivity index (χ1n) is 7.53. The quantitative estimate of drug-likeness (QED) is 0.569. The molecule has 11 heteroatoms. The number of hydrogen-bond acceptors (Lipinski definition) is 7. The molecule has 0 radical (unpaired) electrons. The lowest BCUT2D eigenvalue weighted by molar-refractivity contribution is -0.274. The van der Waals surface area contributed by atoms with Gasteiger partial charge in [-0.3, -0.25) is 0 Å². The van der Waals surface area contributed by atoms with E-state index in [4.69, 9.17) is 0 Å². The molecule has 3 aromatic rings. The smallest absolute Gasteiger partial charge is 0.406 e. The van der Waals surface area contributed by atoms with Crippen molar-refractivity contribution in [3.05, 3.63) is 40.3 Å². The fraction of sp³-hybridized carbons (Fsp3) is 0.333. The maximum atomic E-state index is 12.2. The van der Waals surface area contributed by atoms with Gasteiger partial charge in [0.05, 0.1) is 16.4 Å². The van der Waals surface area contributed by atoms with Crippen molar-refractivity contribution in [1.29, 1.82) is 0 Å². The van der Waals surface area contributed by atoms with E-state index in [1.807, 2.05) is 5.38 Å². The first kappa shape index (κ1) is 18.6. The maximum absolute atomic E-state index is 12.2. The van der Waals surface area contributed by atoms with Gasteiger partial charge < -0.3 is 4.74 Å². The van der Waals surface area contributed by atoms with Crippen LogP contribution >= 0.6 is 23.1 Å². The Bertz CT molecular complexity index is 861. The lowest BCUT2D eigenvalue weighted by atomic mass is 10.2. The Morgan fingerprint density at radius 3 is 2.58 bits per heavy atom. The number of ether oxygens (including phenoxy) is 1. The maximum Gasteiger partial charge on any atom is 0.573 e. The van der Waals surface area contributed by atoms with Gasteiger partial charge >= 0.3 is 6.36 Å². The molecule has 0 aliphatic rings. The SMILES string of the molecule is CC(C)c1nc(CSc2nnnn2-c2ccc(OC(F)(F)F)cc2)cs1. The van der Waals surface area contributed by atoms with Crippen LogP contribution in [0.5, 0.6) is 5.75 Å². The predicted molar refractivity (Wildman–Crippen MR) is 91.6 cm³/mol. The van der Waals surface area contributed by atoms with Crippen LogP contribution in [-0.2, 0) is 5.75 Å². The Morgan fingerprint density at radius 1 is 1.23 bits per heavy atom. The minimum absolute atomic E-state index is 0.299. The van der Waals surface area contributed by atoms with Crippen molar-refractivity contribution in [3.8, 4) is 11.4 Å². The number of alkyl halides is 3. The molecule has 3 rings (SSSR count). The van der Waals surface area contributed by atoms with Gasteiger partial charge in [0.1, 0.15) is 5.75 Å². The van der Waals surface area contributed by atoms with Gasteiger partial charge in [0.25, 0.3) is 0 Å². The third-order valence-electron chi connectivity index (χ3n) is 3.17. The van der Waals surface area contributed by atoms with Crippen molar-refractivity contribution in [3.63, 3.8) is 0 Å². The molecule has 0 bridgehead atoms. The Balaban J connectivity index is 1.69. The largest absolute Gasteiger partial charge is 0.573 e. The normalized spacial score (nSPS) is 11.9. The molecule has 0 amide bonds. The van der Waals surface area contributed by atoms with Crippen LogP contribution in [0.15, 0.2) is 34.8 Å². The number of aromatic nitrogens is 5. The summed E-state index contributed by atoms with van der Waals surface area (Å²) in [5.74, 6) is 0.674. The monoisotopic (exact) mass is 401 g/mol. The minimum Gasteiger partial charge on any atom is -0.406 e. The van der Waals surface area contributed by atoms with Crippen molar-refractivity contribution in [2.45, 2.75) is 37.0 Å². The van der Waals surface area contributed by atoms with Crippen LogP contribution in [0.1, 0.15) is 30.5 Å². The summed E-state index contributed by atoms with van der Waals surface area (Å²) in [5, 5.41) is 15.1. The van der Waals surface area contributed by atoms with E-state index in [0.29, 0.717) is 22.5 Å². The highest BCUT2D eigenvalue weighted by molar-refractivity contribution is 7.98. The van der Waals surface area contributed by atoms with Gasteiger partial charge in [-0.2, -0.15) is 4.68 Å². The third kappa shape index (κ3) is 4.73. The lowest BCUT2D eigenvalue weighted by Gasteiger charge is -2.09. The van der Waals surface area contributed by atoms with Gasteiger partial charge in [-0.25, -0.2) is 4.98 Å². The molecule has 0 spiro atoms. The molecule has 6 nitrogen and oxygen atoms in total. The van der Waals surface area contributed by atoms with Crippen molar-refractivity contribution >= 4 is 23.1 Å². The number of nitrogens with zero attached hydrogens (tertiary/aromatic N) is 5. The molecular weight excluding hydrogens is 387 g/mol. The molecule has 0 aliphatic heterocycles. The Labute approximate surface area is 155 Å². The molecule has 2 heterocycles. The number of tetrazole rings is 1. The number of thiazole rings is 1. The molecule has 0 fully saturated rings. The summed E-state index contributed by atoms with van der Waals surface area (Å²) in [6, 6.07) is 5.35. The van der Waals surface area contributed by atoms with Crippen LogP contribution in [-0.4, -0.2) is 31.6 Å². The summed E-state index contributed by atoms with van der Waals surface area (Å²) in [6.07, 6.45) is -4.72. The van der Waals surface area contributed by atoms with E-state index < -0.39 is 6.36 Å². The molecule has 138 valence electrons. The summed E-state index contributed by atoms with van der Waals surface area (Å²) in [4.78, 5) is 4.55. The van der Waals surface area contributed by atoms with Gasteiger partial charge in [0.15, 0.2) is 0 Å². The molecular formula is C15H14F3N5OS2. The number of thioether (sulfide) groups is 1. The lowest BCUT2D eigenvalue weighted by Crippen LogP contribution is -2.17. The zero-order chi connectivity index (χ0) is 18.7.